The third kappa shape index (κ3) is 2.81. The monoisotopic (exact) mass is 266 g/mol. The number of anilines is 1. The first-order chi connectivity index (χ1) is 8.58. The predicted molar refractivity (Wildman–Crippen MR) is 79.2 cm³/mol. The van der Waals surface area contributed by atoms with E-state index in [1.54, 1.807) is 0 Å². The molecule has 1 aliphatic heterocycles. The third-order valence-corrected chi connectivity index (χ3v) is 4.66. The Bertz CT molecular complexity index is 409. The molecule has 0 atom stereocenters. The number of piperidine rings is 1. The molecule has 0 aliphatic carbocycles. The van der Waals surface area contributed by atoms with E-state index in [9.17, 15) is 0 Å². The van der Waals surface area contributed by atoms with Crippen LogP contribution in [0.1, 0.15) is 38.7 Å². The van der Waals surface area contributed by atoms with Crippen LogP contribution in [-0.2, 0) is 6.54 Å². The summed E-state index contributed by atoms with van der Waals surface area (Å²) >= 11 is 6.03. The van der Waals surface area contributed by atoms with Crippen molar-refractivity contribution in [2.45, 2.75) is 39.7 Å². The maximum Gasteiger partial charge on any atom is 0.0412 e. The van der Waals surface area contributed by atoms with E-state index in [0.29, 0.717) is 12.0 Å². The molecule has 1 saturated heterocycles. The first-order valence-corrected chi connectivity index (χ1v) is 7.19. The van der Waals surface area contributed by atoms with Crippen molar-refractivity contribution in [2.24, 2.45) is 11.1 Å². The van der Waals surface area contributed by atoms with Crippen molar-refractivity contribution in [1.82, 2.24) is 0 Å². The molecule has 1 aliphatic rings. The van der Waals surface area contributed by atoms with E-state index in [0.717, 1.165) is 23.7 Å². The van der Waals surface area contributed by atoms with Crippen LogP contribution in [0.5, 0.6) is 0 Å². The van der Waals surface area contributed by atoms with Gasteiger partial charge in [0, 0.05) is 30.3 Å². The molecule has 0 aromatic heterocycles. The molecule has 1 heterocycles. The van der Waals surface area contributed by atoms with Crippen molar-refractivity contribution in [1.29, 1.82) is 0 Å². The minimum absolute atomic E-state index is 0.520. The summed E-state index contributed by atoms with van der Waals surface area (Å²) in [5.74, 6) is 0. The van der Waals surface area contributed by atoms with Crippen LogP contribution in [-0.4, -0.2) is 13.1 Å². The van der Waals surface area contributed by atoms with Gasteiger partial charge in [0.05, 0.1) is 0 Å². The van der Waals surface area contributed by atoms with Gasteiger partial charge >= 0.3 is 0 Å². The van der Waals surface area contributed by atoms with Crippen LogP contribution in [0.2, 0.25) is 5.02 Å². The van der Waals surface area contributed by atoms with Crippen LogP contribution < -0.4 is 10.6 Å². The van der Waals surface area contributed by atoms with E-state index in [4.69, 9.17) is 17.3 Å². The Morgan fingerprint density at radius 2 is 2.00 bits per heavy atom. The molecule has 1 aromatic rings. The maximum atomic E-state index is 6.03. The first kappa shape index (κ1) is 13.7. The number of nitrogens with zero attached hydrogens (tertiary/aromatic N) is 1. The lowest BCUT2D eigenvalue weighted by Crippen LogP contribution is -2.39. The molecule has 0 radical (unpaired) electrons. The minimum Gasteiger partial charge on any atom is -0.371 e. The smallest absolute Gasteiger partial charge is 0.0412 e. The molecule has 1 aromatic carbocycles. The Morgan fingerprint density at radius 1 is 1.33 bits per heavy atom. The second-order valence-corrected chi connectivity index (χ2v) is 6.06. The Balaban J connectivity index is 2.14. The van der Waals surface area contributed by atoms with Crippen LogP contribution in [0.3, 0.4) is 0 Å². The molecule has 0 bridgehead atoms. The summed E-state index contributed by atoms with van der Waals surface area (Å²) in [6, 6.07) is 6.06. The number of rotatable bonds is 3. The molecule has 100 valence electrons. The van der Waals surface area contributed by atoms with E-state index in [2.05, 4.69) is 24.8 Å². The SMILES string of the molecule is CCC1(C)CCN(c2ccc(Cl)cc2CN)CC1. The van der Waals surface area contributed by atoms with Crippen molar-refractivity contribution in [3.63, 3.8) is 0 Å². The zero-order chi connectivity index (χ0) is 13.2. The summed E-state index contributed by atoms with van der Waals surface area (Å²) in [6.45, 7) is 7.49. The van der Waals surface area contributed by atoms with E-state index in [1.165, 1.54) is 24.9 Å². The van der Waals surface area contributed by atoms with Crippen LogP contribution in [0.4, 0.5) is 5.69 Å². The number of benzene rings is 1. The van der Waals surface area contributed by atoms with Gasteiger partial charge in [-0.3, -0.25) is 0 Å². The Kier molecular flexibility index (Phi) is 4.18. The Morgan fingerprint density at radius 3 is 2.56 bits per heavy atom. The van der Waals surface area contributed by atoms with Gasteiger partial charge in [-0.1, -0.05) is 31.9 Å². The van der Waals surface area contributed by atoms with Crippen LogP contribution in [0, 0.1) is 5.41 Å². The highest BCUT2D eigenvalue weighted by molar-refractivity contribution is 6.30. The average Bonchev–Trinajstić information content (AvgIpc) is 2.40. The molecular weight excluding hydrogens is 244 g/mol. The summed E-state index contributed by atoms with van der Waals surface area (Å²) < 4.78 is 0. The maximum absolute atomic E-state index is 6.03. The number of hydrogen-bond acceptors (Lipinski definition) is 2. The van der Waals surface area contributed by atoms with Crippen LogP contribution >= 0.6 is 11.6 Å². The predicted octanol–water partition coefficient (Wildman–Crippen LogP) is 3.82. The lowest BCUT2D eigenvalue weighted by atomic mass is 9.78. The largest absolute Gasteiger partial charge is 0.371 e. The fourth-order valence-electron chi connectivity index (χ4n) is 2.67. The topological polar surface area (TPSA) is 29.3 Å². The van der Waals surface area contributed by atoms with Crippen molar-refractivity contribution >= 4 is 17.3 Å². The van der Waals surface area contributed by atoms with Gasteiger partial charge in [-0.2, -0.15) is 0 Å². The molecule has 0 saturated carbocycles. The highest BCUT2D eigenvalue weighted by Crippen LogP contribution is 2.36. The van der Waals surface area contributed by atoms with E-state index >= 15 is 0 Å². The molecule has 18 heavy (non-hydrogen) atoms. The molecule has 0 amide bonds. The molecule has 2 rings (SSSR count). The zero-order valence-electron chi connectivity index (χ0n) is 11.4. The highest BCUT2D eigenvalue weighted by Gasteiger charge is 2.28. The average molecular weight is 267 g/mol. The van der Waals surface area contributed by atoms with Gasteiger partial charge in [0.15, 0.2) is 0 Å². The second kappa shape index (κ2) is 5.50. The number of hydrogen-bond donors (Lipinski definition) is 1. The zero-order valence-corrected chi connectivity index (χ0v) is 12.1. The molecule has 1 fully saturated rings. The standard InChI is InChI=1S/C15H23ClN2/c1-3-15(2)6-8-18(9-7-15)14-5-4-13(16)10-12(14)11-17/h4-5,10H,3,6-9,11,17H2,1-2H3. The van der Waals surface area contributed by atoms with Gasteiger partial charge in [0.1, 0.15) is 0 Å². The summed E-state index contributed by atoms with van der Waals surface area (Å²) in [5.41, 5.74) is 8.76. The van der Waals surface area contributed by atoms with Crippen LogP contribution in [0.15, 0.2) is 18.2 Å². The van der Waals surface area contributed by atoms with Crippen molar-refractivity contribution in [2.75, 3.05) is 18.0 Å². The fourth-order valence-corrected chi connectivity index (χ4v) is 2.86. The highest BCUT2D eigenvalue weighted by atomic mass is 35.5. The molecule has 2 N–H and O–H groups in total. The molecule has 0 unspecified atom stereocenters. The summed E-state index contributed by atoms with van der Waals surface area (Å²) in [5, 5.41) is 0.773. The van der Waals surface area contributed by atoms with Crippen molar-refractivity contribution < 1.29 is 0 Å². The van der Waals surface area contributed by atoms with Gasteiger partial charge in [-0.25, -0.2) is 0 Å². The fraction of sp³-hybridized carbons (Fsp3) is 0.600. The Labute approximate surface area is 115 Å². The van der Waals surface area contributed by atoms with E-state index < -0.39 is 0 Å². The normalized spacial score (nSPS) is 19.0. The first-order valence-electron chi connectivity index (χ1n) is 6.81. The summed E-state index contributed by atoms with van der Waals surface area (Å²) in [4.78, 5) is 2.45. The van der Waals surface area contributed by atoms with Gasteiger partial charge < -0.3 is 10.6 Å². The van der Waals surface area contributed by atoms with Gasteiger partial charge in [0.2, 0.25) is 0 Å². The van der Waals surface area contributed by atoms with Gasteiger partial charge in [0.25, 0.3) is 0 Å². The minimum atomic E-state index is 0.520. The third-order valence-electron chi connectivity index (χ3n) is 4.43. The Hall–Kier alpha value is -0.730. The quantitative estimate of drug-likeness (QED) is 0.901. The lowest BCUT2D eigenvalue weighted by Gasteiger charge is -2.40. The van der Waals surface area contributed by atoms with Crippen molar-refractivity contribution in [3.8, 4) is 0 Å². The molecular formula is C15H23ClN2. The molecule has 2 nitrogen and oxygen atoms in total. The second-order valence-electron chi connectivity index (χ2n) is 5.63. The van der Waals surface area contributed by atoms with E-state index in [1.807, 2.05) is 12.1 Å². The summed E-state index contributed by atoms with van der Waals surface area (Å²) in [7, 11) is 0. The molecule has 0 spiro atoms. The van der Waals surface area contributed by atoms with Crippen molar-refractivity contribution in [3.05, 3.63) is 28.8 Å². The summed E-state index contributed by atoms with van der Waals surface area (Å²) in [6.07, 6.45) is 3.79. The van der Waals surface area contributed by atoms with E-state index in [-0.39, 0.29) is 0 Å². The van der Waals surface area contributed by atoms with Gasteiger partial charge in [-0.05, 0) is 42.0 Å². The van der Waals surface area contributed by atoms with Gasteiger partial charge in [-0.15, -0.1) is 0 Å². The lowest BCUT2D eigenvalue weighted by molar-refractivity contribution is 0.238. The van der Waals surface area contributed by atoms with Crippen LogP contribution in [0.25, 0.3) is 0 Å². The number of nitrogens with two attached hydrogens (primary N) is 1. The molecule has 3 heteroatoms. The number of halogens is 1.